The Kier molecular flexibility index (Phi) is 4.03. The van der Waals surface area contributed by atoms with Crippen molar-refractivity contribution in [3.05, 3.63) is 33.9 Å². The maximum absolute atomic E-state index is 11.0. The monoisotopic (exact) mass is 238 g/mol. The molecule has 0 unspecified atom stereocenters. The van der Waals surface area contributed by atoms with Crippen LogP contribution in [0.2, 0.25) is 0 Å². The van der Waals surface area contributed by atoms with Gasteiger partial charge in [0.25, 0.3) is 5.69 Å². The molecule has 1 rings (SSSR count). The third kappa shape index (κ3) is 2.72. The number of nitrogens with zero attached hydrogens (tertiary/aromatic N) is 2. The van der Waals surface area contributed by atoms with E-state index in [1.165, 1.54) is 12.1 Å². The molecule has 0 amide bonds. The van der Waals surface area contributed by atoms with Gasteiger partial charge >= 0.3 is 5.97 Å². The van der Waals surface area contributed by atoms with Crippen LogP contribution >= 0.6 is 0 Å². The van der Waals surface area contributed by atoms with Gasteiger partial charge < -0.3 is 10.0 Å². The van der Waals surface area contributed by atoms with E-state index in [4.69, 9.17) is 5.11 Å². The summed E-state index contributed by atoms with van der Waals surface area (Å²) in [4.78, 5) is 22.9. The second kappa shape index (κ2) is 5.29. The first-order valence-corrected chi connectivity index (χ1v) is 5.27. The van der Waals surface area contributed by atoms with Crippen LogP contribution in [0.1, 0.15) is 24.2 Å². The van der Waals surface area contributed by atoms with Crippen molar-refractivity contribution in [1.29, 1.82) is 0 Å². The Morgan fingerprint density at radius 2 is 2.00 bits per heavy atom. The van der Waals surface area contributed by atoms with Gasteiger partial charge in [0, 0.05) is 24.8 Å². The molecule has 0 aliphatic heterocycles. The minimum atomic E-state index is -1.29. The van der Waals surface area contributed by atoms with Crippen LogP contribution in [0.25, 0.3) is 0 Å². The quantitative estimate of drug-likeness (QED) is 0.627. The first kappa shape index (κ1) is 13.0. The number of carboxylic acid groups (broad SMARTS) is 1. The van der Waals surface area contributed by atoms with Crippen molar-refractivity contribution in [1.82, 2.24) is 0 Å². The van der Waals surface area contributed by atoms with Gasteiger partial charge in [0.2, 0.25) is 0 Å². The summed E-state index contributed by atoms with van der Waals surface area (Å²) in [7, 11) is 0. The SMILES string of the molecule is CCN(CC)c1ccc([N+](=O)[O-])c(C(=O)O)c1. The van der Waals surface area contributed by atoms with E-state index < -0.39 is 10.9 Å². The predicted molar refractivity (Wildman–Crippen MR) is 63.6 cm³/mol. The minimum Gasteiger partial charge on any atom is -0.477 e. The third-order valence-electron chi connectivity index (χ3n) is 2.54. The summed E-state index contributed by atoms with van der Waals surface area (Å²) < 4.78 is 0. The first-order chi connectivity index (χ1) is 8.01. The van der Waals surface area contributed by atoms with E-state index in [0.717, 1.165) is 0 Å². The summed E-state index contributed by atoms with van der Waals surface area (Å²) in [6.45, 7) is 5.30. The van der Waals surface area contributed by atoms with Gasteiger partial charge in [-0.05, 0) is 26.0 Å². The zero-order valence-electron chi connectivity index (χ0n) is 9.71. The number of aromatic carboxylic acids is 1. The van der Waals surface area contributed by atoms with Gasteiger partial charge in [-0.15, -0.1) is 0 Å². The molecule has 92 valence electrons. The number of hydrogen-bond acceptors (Lipinski definition) is 4. The molecule has 0 aliphatic rings. The molecule has 1 N–H and O–H groups in total. The van der Waals surface area contributed by atoms with Gasteiger partial charge in [-0.25, -0.2) is 4.79 Å². The van der Waals surface area contributed by atoms with Crippen LogP contribution in [0.3, 0.4) is 0 Å². The molecule has 0 radical (unpaired) electrons. The molecule has 0 heterocycles. The average Bonchev–Trinajstić information content (AvgIpc) is 2.30. The van der Waals surface area contributed by atoms with Crippen LogP contribution < -0.4 is 4.90 Å². The van der Waals surface area contributed by atoms with E-state index in [1.54, 1.807) is 6.07 Å². The smallest absolute Gasteiger partial charge is 0.342 e. The molecule has 1 aromatic carbocycles. The topological polar surface area (TPSA) is 83.7 Å². The van der Waals surface area contributed by atoms with Crippen molar-refractivity contribution < 1.29 is 14.8 Å². The second-order valence-corrected chi connectivity index (χ2v) is 3.44. The Hall–Kier alpha value is -2.11. The highest BCUT2D eigenvalue weighted by atomic mass is 16.6. The number of carboxylic acids is 1. The van der Waals surface area contributed by atoms with Crippen LogP contribution in [0.15, 0.2) is 18.2 Å². The number of hydrogen-bond donors (Lipinski definition) is 1. The molecule has 0 atom stereocenters. The number of carbonyl (C=O) groups is 1. The Bertz CT molecular complexity index is 441. The zero-order valence-corrected chi connectivity index (χ0v) is 9.71. The van der Waals surface area contributed by atoms with Gasteiger partial charge in [-0.3, -0.25) is 10.1 Å². The molecular formula is C11H14N2O4. The number of nitro groups is 1. The van der Waals surface area contributed by atoms with Crippen molar-refractivity contribution in [2.24, 2.45) is 0 Å². The minimum absolute atomic E-state index is 0.278. The van der Waals surface area contributed by atoms with Crippen LogP contribution in [0, 0.1) is 10.1 Å². The van der Waals surface area contributed by atoms with Crippen molar-refractivity contribution in [2.75, 3.05) is 18.0 Å². The molecule has 0 aliphatic carbocycles. The van der Waals surface area contributed by atoms with Gasteiger partial charge in [-0.1, -0.05) is 0 Å². The van der Waals surface area contributed by atoms with Crippen molar-refractivity contribution in [3.63, 3.8) is 0 Å². The lowest BCUT2D eigenvalue weighted by Crippen LogP contribution is -2.22. The molecule has 0 fully saturated rings. The maximum Gasteiger partial charge on any atom is 0.342 e. The Balaban J connectivity index is 3.27. The Morgan fingerprint density at radius 1 is 1.41 bits per heavy atom. The maximum atomic E-state index is 11.0. The van der Waals surface area contributed by atoms with Crippen molar-refractivity contribution >= 4 is 17.3 Å². The molecular weight excluding hydrogens is 224 g/mol. The van der Waals surface area contributed by atoms with Gasteiger partial charge in [0.05, 0.1) is 4.92 Å². The van der Waals surface area contributed by atoms with Crippen LogP contribution in [-0.4, -0.2) is 29.1 Å². The third-order valence-corrected chi connectivity index (χ3v) is 2.54. The summed E-state index contributed by atoms with van der Waals surface area (Å²) >= 11 is 0. The highest BCUT2D eigenvalue weighted by Gasteiger charge is 2.20. The molecule has 6 nitrogen and oxygen atoms in total. The zero-order chi connectivity index (χ0) is 13.0. The van der Waals surface area contributed by atoms with E-state index in [2.05, 4.69) is 0 Å². The fourth-order valence-electron chi connectivity index (χ4n) is 1.64. The first-order valence-electron chi connectivity index (χ1n) is 5.27. The Morgan fingerprint density at radius 3 is 2.41 bits per heavy atom. The van der Waals surface area contributed by atoms with Gasteiger partial charge in [0.1, 0.15) is 5.56 Å². The van der Waals surface area contributed by atoms with Crippen molar-refractivity contribution in [2.45, 2.75) is 13.8 Å². The van der Waals surface area contributed by atoms with E-state index in [-0.39, 0.29) is 11.3 Å². The predicted octanol–water partition coefficient (Wildman–Crippen LogP) is 2.14. The fourth-order valence-corrected chi connectivity index (χ4v) is 1.64. The average molecular weight is 238 g/mol. The molecule has 6 heteroatoms. The van der Waals surface area contributed by atoms with E-state index in [1.807, 2.05) is 18.7 Å². The summed E-state index contributed by atoms with van der Waals surface area (Å²) in [5.74, 6) is -1.29. The molecule has 17 heavy (non-hydrogen) atoms. The van der Waals surface area contributed by atoms with Crippen LogP contribution in [-0.2, 0) is 0 Å². The number of rotatable bonds is 5. The molecule has 0 aromatic heterocycles. The lowest BCUT2D eigenvalue weighted by atomic mass is 10.1. The fraction of sp³-hybridized carbons (Fsp3) is 0.364. The van der Waals surface area contributed by atoms with Gasteiger partial charge in [0.15, 0.2) is 0 Å². The van der Waals surface area contributed by atoms with Crippen LogP contribution in [0.5, 0.6) is 0 Å². The number of nitro benzene ring substituents is 1. The number of benzene rings is 1. The second-order valence-electron chi connectivity index (χ2n) is 3.44. The molecule has 1 aromatic rings. The lowest BCUT2D eigenvalue weighted by molar-refractivity contribution is -0.385. The molecule has 0 saturated heterocycles. The molecule has 0 spiro atoms. The van der Waals surface area contributed by atoms with E-state index >= 15 is 0 Å². The van der Waals surface area contributed by atoms with Crippen LogP contribution in [0.4, 0.5) is 11.4 Å². The summed E-state index contributed by atoms with van der Waals surface area (Å²) in [6, 6.07) is 4.14. The number of anilines is 1. The summed E-state index contributed by atoms with van der Waals surface area (Å²) in [5.41, 5.74) is 0.0193. The molecule has 0 bridgehead atoms. The normalized spacial score (nSPS) is 10.0. The van der Waals surface area contributed by atoms with Crippen molar-refractivity contribution in [3.8, 4) is 0 Å². The highest BCUT2D eigenvalue weighted by Crippen LogP contribution is 2.24. The standard InChI is InChI=1S/C11H14N2O4/c1-3-12(4-2)8-5-6-10(13(16)17)9(7-8)11(14)15/h5-7H,3-4H2,1-2H3,(H,14,15). The van der Waals surface area contributed by atoms with E-state index in [9.17, 15) is 14.9 Å². The summed E-state index contributed by atoms with van der Waals surface area (Å²) in [6.07, 6.45) is 0. The van der Waals surface area contributed by atoms with Gasteiger partial charge in [-0.2, -0.15) is 0 Å². The largest absolute Gasteiger partial charge is 0.477 e. The lowest BCUT2D eigenvalue weighted by Gasteiger charge is -2.21. The Labute approximate surface area is 98.6 Å². The molecule has 0 saturated carbocycles. The van der Waals surface area contributed by atoms with E-state index in [0.29, 0.717) is 18.8 Å². The highest BCUT2D eigenvalue weighted by molar-refractivity contribution is 5.93. The summed E-state index contributed by atoms with van der Waals surface area (Å²) in [5, 5.41) is 19.6.